The first-order valence-electron chi connectivity index (χ1n) is 7.75. The molecule has 0 unspecified atom stereocenters. The van der Waals surface area contributed by atoms with Crippen molar-refractivity contribution in [1.82, 2.24) is 9.80 Å². The second kappa shape index (κ2) is 6.90. The van der Waals surface area contributed by atoms with Crippen LogP contribution in [0.3, 0.4) is 0 Å². The molecular formula is C15H21N3O5. The highest BCUT2D eigenvalue weighted by Gasteiger charge is 2.44. The number of rotatable bonds is 4. The molecule has 1 aromatic rings. The number of nitrogens with zero attached hydrogens (tertiary/aromatic N) is 3. The van der Waals surface area contributed by atoms with E-state index in [0.717, 1.165) is 0 Å². The fourth-order valence-electron chi connectivity index (χ4n) is 3.14. The fourth-order valence-corrected chi connectivity index (χ4v) is 3.14. The van der Waals surface area contributed by atoms with Crippen LogP contribution in [0.2, 0.25) is 0 Å². The van der Waals surface area contributed by atoms with Crippen LogP contribution in [-0.4, -0.2) is 72.4 Å². The summed E-state index contributed by atoms with van der Waals surface area (Å²) in [4.78, 5) is 14.5. The van der Waals surface area contributed by atoms with Crippen molar-refractivity contribution >= 4 is 5.69 Å². The summed E-state index contributed by atoms with van der Waals surface area (Å²) in [6, 6.07) is 6.23. The molecule has 0 atom stereocenters. The number of aliphatic hydroxyl groups is 1. The van der Waals surface area contributed by atoms with E-state index >= 15 is 0 Å². The largest absolute Gasteiger partial charge is 0.379 e. The molecule has 126 valence electrons. The van der Waals surface area contributed by atoms with E-state index in [1.165, 1.54) is 12.1 Å². The Balaban J connectivity index is 1.99. The molecule has 0 bridgehead atoms. The molecular weight excluding hydrogens is 302 g/mol. The van der Waals surface area contributed by atoms with Gasteiger partial charge in [0.15, 0.2) is 0 Å². The third kappa shape index (κ3) is 3.22. The standard InChI is InChI=1S/C15H21N3O5/c19-15(16-4-8-22-9-5-16,17-6-10-23-11-7-17)13-2-1-3-14(12-13)18(20)21/h1-3,12,19H,4-11H2. The Hall–Kier alpha value is -1.58. The van der Waals surface area contributed by atoms with Crippen molar-refractivity contribution in [3.63, 3.8) is 0 Å². The number of non-ortho nitro benzene ring substituents is 1. The van der Waals surface area contributed by atoms with Crippen LogP contribution in [0.5, 0.6) is 0 Å². The van der Waals surface area contributed by atoms with E-state index in [1.54, 1.807) is 12.1 Å². The zero-order valence-corrected chi connectivity index (χ0v) is 12.9. The zero-order valence-electron chi connectivity index (χ0n) is 12.9. The van der Waals surface area contributed by atoms with Gasteiger partial charge >= 0.3 is 0 Å². The summed E-state index contributed by atoms with van der Waals surface area (Å²) in [6.45, 7) is 4.38. The summed E-state index contributed by atoms with van der Waals surface area (Å²) in [5.41, 5.74) is 0.484. The van der Waals surface area contributed by atoms with Gasteiger partial charge in [0.1, 0.15) is 0 Å². The van der Waals surface area contributed by atoms with E-state index in [9.17, 15) is 15.2 Å². The first-order valence-corrected chi connectivity index (χ1v) is 7.75. The summed E-state index contributed by atoms with van der Waals surface area (Å²) in [7, 11) is 0. The van der Waals surface area contributed by atoms with Crippen molar-refractivity contribution in [3.05, 3.63) is 39.9 Å². The number of benzene rings is 1. The lowest BCUT2D eigenvalue weighted by Crippen LogP contribution is -2.63. The van der Waals surface area contributed by atoms with Crippen molar-refractivity contribution < 1.29 is 19.5 Å². The predicted octanol–water partition coefficient (Wildman–Crippen LogP) is 0.362. The second-order valence-corrected chi connectivity index (χ2v) is 5.64. The molecule has 0 amide bonds. The van der Waals surface area contributed by atoms with Gasteiger partial charge in [-0.2, -0.15) is 0 Å². The Morgan fingerprint density at radius 2 is 1.57 bits per heavy atom. The lowest BCUT2D eigenvalue weighted by Gasteiger charge is -2.49. The van der Waals surface area contributed by atoms with Crippen LogP contribution in [0.1, 0.15) is 5.56 Å². The van der Waals surface area contributed by atoms with E-state index in [2.05, 4.69) is 0 Å². The average Bonchev–Trinajstić information content (AvgIpc) is 2.62. The van der Waals surface area contributed by atoms with Gasteiger partial charge in [0.2, 0.25) is 5.85 Å². The van der Waals surface area contributed by atoms with Crippen molar-refractivity contribution in [2.45, 2.75) is 5.85 Å². The lowest BCUT2D eigenvalue weighted by molar-refractivity contribution is -0.385. The summed E-state index contributed by atoms with van der Waals surface area (Å²) in [5, 5.41) is 22.6. The molecule has 0 saturated carbocycles. The van der Waals surface area contributed by atoms with Gasteiger partial charge < -0.3 is 14.6 Å². The number of nitro benzene ring substituents is 1. The Morgan fingerprint density at radius 3 is 2.04 bits per heavy atom. The monoisotopic (exact) mass is 323 g/mol. The van der Waals surface area contributed by atoms with Crippen LogP contribution < -0.4 is 0 Å². The smallest absolute Gasteiger partial charge is 0.269 e. The van der Waals surface area contributed by atoms with Crippen LogP contribution in [0.4, 0.5) is 5.69 Å². The molecule has 0 radical (unpaired) electrons. The molecule has 0 spiro atoms. The summed E-state index contributed by atoms with van der Waals surface area (Å²) < 4.78 is 10.8. The first kappa shape index (κ1) is 16.3. The second-order valence-electron chi connectivity index (χ2n) is 5.64. The van der Waals surface area contributed by atoms with E-state index in [1.807, 2.05) is 9.80 Å². The molecule has 0 aliphatic carbocycles. The molecule has 2 heterocycles. The molecule has 2 fully saturated rings. The van der Waals surface area contributed by atoms with Gasteiger partial charge in [0.05, 0.1) is 31.4 Å². The normalized spacial score (nSPS) is 21.3. The molecule has 8 nitrogen and oxygen atoms in total. The summed E-state index contributed by atoms with van der Waals surface area (Å²) in [5.74, 6) is -1.39. The first-order chi connectivity index (χ1) is 11.1. The van der Waals surface area contributed by atoms with Gasteiger partial charge in [0, 0.05) is 43.9 Å². The molecule has 1 aromatic carbocycles. The summed E-state index contributed by atoms with van der Waals surface area (Å²) >= 11 is 0. The molecule has 1 N–H and O–H groups in total. The number of hydrogen-bond acceptors (Lipinski definition) is 7. The fraction of sp³-hybridized carbons (Fsp3) is 0.600. The number of ether oxygens (including phenoxy) is 2. The van der Waals surface area contributed by atoms with E-state index in [0.29, 0.717) is 58.2 Å². The van der Waals surface area contributed by atoms with Crippen LogP contribution >= 0.6 is 0 Å². The average molecular weight is 323 g/mol. The molecule has 2 aliphatic rings. The minimum atomic E-state index is -1.39. The number of morpholine rings is 2. The third-order valence-electron chi connectivity index (χ3n) is 4.35. The molecule has 8 heteroatoms. The molecule has 0 aromatic heterocycles. The number of nitro groups is 1. The topological polar surface area (TPSA) is 88.3 Å². The van der Waals surface area contributed by atoms with E-state index < -0.39 is 10.8 Å². The van der Waals surface area contributed by atoms with Gasteiger partial charge in [-0.15, -0.1) is 0 Å². The van der Waals surface area contributed by atoms with Gasteiger partial charge in [-0.3, -0.25) is 19.9 Å². The molecule has 23 heavy (non-hydrogen) atoms. The Bertz CT molecular complexity index is 538. The molecule has 3 rings (SSSR count). The Labute approximate surface area is 134 Å². The van der Waals surface area contributed by atoms with Crippen molar-refractivity contribution in [2.24, 2.45) is 0 Å². The molecule has 2 aliphatic heterocycles. The van der Waals surface area contributed by atoms with Gasteiger partial charge in [0.25, 0.3) is 5.69 Å². The minimum Gasteiger partial charge on any atom is -0.379 e. The van der Waals surface area contributed by atoms with Crippen LogP contribution in [0.25, 0.3) is 0 Å². The van der Waals surface area contributed by atoms with E-state index in [4.69, 9.17) is 9.47 Å². The Kier molecular flexibility index (Phi) is 4.88. The van der Waals surface area contributed by atoms with Gasteiger partial charge in [-0.25, -0.2) is 0 Å². The van der Waals surface area contributed by atoms with Gasteiger partial charge in [-0.1, -0.05) is 12.1 Å². The maximum atomic E-state index is 11.6. The maximum absolute atomic E-state index is 11.6. The van der Waals surface area contributed by atoms with Crippen LogP contribution in [0, 0.1) is 10.1 Å². The lowest BCUT2D eigenvalue weighted by atomic mass is 10.0. The quantitative estimate of drug-likeness (QED) is 0.632. The van der Waals surface area contributed by atoms with Gasteiger partial charge in [-0.05, 0) is 0 Å². The van der Waals surface area contributed by atoms with Crippen molar-refractivity contribution in [2.75, 3.05) is 52.6 Å². The minimum absolute atomic E-state index is 0.0255. The van der Waals surface area contributed by atoms with Crippen molar-refractivity contribution in [3.8, 4) is 0 Å². The maximum Gasteiger partial charge on any atom is 0.269 e. The van der Waals surface area contributed by atoms with Crippen LogP contribution in [-0.2, 0) is 15.3 Å². The highest BCUT2D eigenvalue weighted by molar-refractivity contribution is 5.37. The third-order valence-corrected chi connectivity index (χ3v) is 4.35. The van der Waals surface area contributed by atoms with Crippen LogP contribution in [0.15, 0.2) is 24.3 Å². The van der Waals surface area contributed by atoms with E-state index in [-0.39, 0.29) is 5.69 Å². The Morgan fingerprint density at radius 1 is 1.04 bits per heavy atom. The number of hydrogen-bond donors (Lipinski definition) is 1. The highest BCUT2D eigenvalue weighted by atomic mass is 16.6. The predicted molar refractivity (Wildman–Crippen MR) is 81.8 cm³/mol. The highest BCUT2D eigenvalue weighted by Crippen LogP contribution is 2.33. The SMILES string of the molecule is O=[N+]([O-])c1cccc(C(O)(N2CCOCC2)N2CCOCC2)c1. The van der Waals surface area contributed by atoms with Crippen molar-refractivity contribution in [1.29, 1.82) is 0 Å². The summed E-state index contributed by atoms with van der Waals surface area (Å²) in [6.07, 6.45) is 0. The zero-order chi connectivity index (χ0) is 16.3. The molecule has 2 saturated heterocycles.